The molecule has 3 aliphatic heterocycles. The van der Waals surface area contributed by atoms with Crippen molar-refractivity contribution in [2.75, 3.05) is 69.3 Å². The first-order valence-electron chi connectivity index (χ1n) is 15.0. The fraction of sp³-hybridized carbons (Fsp3) is 0.452. The summed E-state index contributed by atoms with van der Waals surface area (Å²) in [5, 5.41) is 22.0. The minimum absolute atomic E-state index is 0.00641. The average Bonchev–Trinajstić information content (AvgIpc) is 3.04. The number of alkyl halides is 3. The highest BCUT2D eigenvalue weighted by atomic mass is 19.4. The quantitative estimate of drug-likeness (QED) is 0.377. The molecule has 6 rings (SSSR count). The molecule has 2 aromatic carbocycles. The second-order valence-corrected chi connectivity index (χ2v) is 11.4. The van der Waals surface area contributed by atoms with Gasteiger partial charge in [-0.2, -0.15) is 23.4 Å². The van der Waals surface area contributed by atoms with Crippen molar-refractivity contribution in [3.05, 3.63) is 54.4 Å². The Kier molecular flexibility index (Phi) is 9.20. The van der Waals surface area contributed by atoms with Gasteiger partial charge in [-0.1, -0.05) is 0 Å². The topological polar surface area (TPSA) is 140 Å². The molecule has 15 heteroatoms. The van der Waals surface area contributed by atoms with Gasteiger partial charge < -0.3 is 29.7 Å². The molecular formula is C31H33F3N8O4. The summed E-state index contributed by atoms with van der Waals surface area (Å²) in [5.41, 5.74) is 2.37. The van der Waals surface area contributed by atoms with E-state index in [4.69, 9.17) is 14.6 Å². The van der Waals surface area contributed by atoms with Crippen LogP contribution in [0.5, 0.6) is 5.75 Å². The number of rotatable bonds is 8. The molecule has 3 fully saturated rings. The maximum absolute atomic E-state index is 13.9. The number of carbonyl (C=O) groups is 1. The largest absolute Gasteiger partial charge is 0.488 e. The number of halogens is 3. The first-order valence-corrected chi connectivity index (χ1v) is 15.0. The number of nitriles is 1. The lowest BCUT2D eigenvalue weighted by atomic mass is 9.93. The Hall–Kier alpha value is -4.52. The molecule has 0 spiro atoms. The summed E-state index contributed by atoms with van der Waals surface area (Å²) >= 11 is 0. The summed E-state index contributed by atoms with van der Waals surface area (Å²) in [6, 6.07) is 14.9. The SMILES string of the molecule is N#Cc1cc(-c2ncnc(Nc3ccc(N4CCN(C5COC5)CC4)cc3)n2)ccc1O[C@@H]1CCN(C(=O)CO)C[C@H]1C(F)(F)F. The zero-order valence-electron chi connectivity index (χ0n) is 24.9. The number of nitrogens with zero attached hydrogens (tertiary/aromatic N) is 7. The van der Waals surface area contributed by atoms with E-state index in [2.05, 4.69) is 30.1 Å². The number of benzene rings is 2. The van der Waals surface area contributed by atoms with E-state index in [9.17, 15) is 23.2 Å². The van der Waals surface area contributed by atoms with Crippen molar-refractivity contribution in [2.45, 2.75) is 24.7 Å². The van der Waals surface area contributed by atoms with Gasteiger partial charge >= 0.3 is 6.18 Å². The normalized spacial score (nSPS) is 20.9. The van der Waals surface area contributed by atoms with Crippen molar-refractivity contribution in [1.29, 1.82) is 5.26 Å². The van der Waals surface area contributed by atoms with Gasteiger partial charge in [0.25, 0.3) is 0 Å². The second-order valence-electron chi connectivity index (χ2n) is 11.4. The summed E-state index contributed by atoms with van der Waals surface area (Å²) in [5.74, 6) is -2.23. The number of hydrogen-bond donors (Lipinski definition) is 2. The number of ether oxygens (including phenoxy) is 2. The number of aliphatic hydroxyl groups is 1. The molecule has 242 valence electrons. The van der Waals surface area contributed by atoms with E-state index in [1.54, 1.807) is 6.07 Å². The highest BCUT2D eigenvalue weighted by molar-refractivity contribution is 5.77. The number of aromatic nitrogens is 3. The van der Waals surface area contributed by atoms with E-state index in [-0.39, 0.29) is 36.1 Å². The smallest absolute Gasteiger partial charge is 0.397 e. The van der Waals surface area contributed by atoms with Crippen LogP contribution in [0.2, 0.25) is 0 Å². The minimum atomic E-state index is -4.65. The fourth-order valence-electron chi connectivity index (χ4n) is 5.89. The Bertz CT molecular complexity index is 1570. The van der Waals surface area contributed by atoms with E-state index in [1.165, 1.54) is 18.5 Å². The van der Waals surface area contributed by atoms with Gasteiger partial charge in [0.2, 0.25) is 11.9 Å². The van der Waals surface area contributed by atoms with Crippen LogP contribution in [0.3, 0.4) is 0 Å². The number of likely N-dealkylation sites (tertiary alicyclic amines) is 1. The van der Waals surface area contributed by atoms with E-state index in [0.717, 1.165) is 55.7 Å². The fourth-order valence-corrected chi connectivity index (χ4v) is 5.89. The molecule has 2 N–H and O–H groups in total. The van der Waals surface area contributed by atoms with E-state index in [1.807, 2.05) is 30.3 Å². The third-order valence-electron chi connectivity index (χ3n) is 8.61. The number of nitrogens with one attached hydrogen (secondary N) is 1. The van der Waals surface area contributed by atoms with Crippen molar-refractivity contribution in [1.82, 2.24) is 24.8 Å². The summed E-state index contributed by atoms with van der Waals surface area (Å²) in [6.07, 6.45) is -4.75. The predicted octanol–water partition coefficient (Wildman–Crippen LogP) is 2.83. The number of aliphatic hydroxyl groups excluding tert-OH is 1. The van der Waals surface area contributed by atoms with Gasteiger partial charge in [-0.05, 0) is 42.5 Å². The van der Waals surface area contributed by atoms with Crippen molar-refractivity contribution in [3.63, 3.8) is 0 Å². The lowest BCUT2D eigenvalue weighted by molar-refractivity contribution is -0.210. The molecule has 0 saturated carbocycles. The highest BCUT2D eigenvalue weighted by Crippen LogP contribution is 2.37. The van der Waals surface area contributed by atoms with Crippen molar-refractivity contribution < 1.29 is 32.5 Å². The zero-order chi connectivity index (χ0) is 32.3. The molecule has 0 radical (unpaired) electrons. The van der Waals surface area contributed by atoms with Crippen LogP contribution in [0, 0.1) is 17.2 Å². The van der Waals surface area contributed by atoms with Crippen LogP contribution in [0.25, 0.3) is 11.4 Å². The molecule has 3 saturated heterocycles. The monoisotopic (exact) mass is 638 g/mol. The number of piperazine rings is 1. The Balaban J connectivity index is 1.11. The summed E-state index contributed by atoms with van der Waals surface area (Å²) in [6.45, 7) is 4.03. The van der Waals surface area contributed by atoms with Crippen LogP contribution >= 0.6 is 0 Å². The first kappa shape index (κ1) is 31.5. The highest BCUT2D eigenvalue weighted by Gasteiger charge is 2.49. The molecular weight excluding hydrogens is 605 g/mol. The van der Waals surface area contributed by atoms with Crippen molar-refractivity contribution >= 4 is 23.2 Å². The molecule has 2 atom stereocenters. The number of carbonyl (C=O) groups excluding carboxylic acids is 1. The van der Waals surface area contributed by atoms with E-state index in [0.29, 0.717) is 11.6 Å². The van der Waals surface area contributed by atoms with Crippen molar-refractivity contribution in [3.8, 4) is 23.2 Å². The number of hydrogen-bond acceptors (Lipinski definition) is 11. The third-order valence-corrected chi connectivity index (χ3v) is 8.61. The molecule has 1 amide bonds. The Morgan fingerprint density at radius 3 is 2.50 bits per heavy atom. The van der Waals surface area contributed by atoms with Gasteiger partial charge in [-0.25, -0.2) is 9.97 Å². The molecule has 1 aromatic heterocycles. The van der Waals surface area contributed by atoms with Gasteiger partial charge in [0.1, 0.15) is 36.8 Å². The van der Waals surface area contributed by atoms with Gasteiger partial charge in [-0.15, -0.1) is 0 Å². The second kappa shape index (κ2) is 13.5. The summed E-state index contributed by atoms with van der Waals surface area (Å²) < 4.78 is 52.7. The molecule has 0 bridgehead atoms. The van der Waals surface area contributed by atoms with Crippen LogP contribution in [-0.4, -0.2) is 113 Å². The molecule has 4 heterocycles. The molecule has 3 aromatic rings. The standard InChI is InChI=1S/C31H33F3N8O4/c32-31(33,34)25-15-42(28(44)16-43)8-7-27(25)46-26-6-1-20(13-21(26)14-35)29-36-19-37-30(39-29)38-22-2-4-23(5-3-22)40-9-11-41(12-10-40)24-17-45-18-24/h1-6,13,19,24-25,27,43H,7-12,15-18H2,(H,36,37,38,39)/t25-,27-/m1/s1. The first-order chi connectivity index (χ1) is 22.2. The van der Waals surface area contributed by atoms with Gasteiger partial charge in [0.15, 0.2) is 5.82 Å². The van der Waals surface area contributed by atoms with Crippen LogP contribution in [0.1, 0.15) is 12.0 Å². The maximum Gasteiger partial charge on any atom is 0.397 e. The maximum atomic E-state index is 13.9. The molecule has 46 heavy (non-hydrogen) atoms. The van der Waals surface area contributed by atoms with Crippen molar-refractivity contribution in [2.24, 2.45) is 5.92 Å². The van der Waals surface area contributed by atoms with E-state index >= 15 is 0 Å². The zero-order valence-corrected chi connectivity index (χ0v) is 24.9. The van der Waals surface area contributed by atoms with E-state index < -0.39 is 37.3 Å². The minimum Gasteiger partial charge on any atom is -0.488 e. The Labute approximate surface area is 263 Å². The van der Waals surface area contributed by atoms with Crippen LogP contribution in [0.15, 0.2) is 48.8 Å². The van der Waals surface area contributed by atoms with Gasteiger partial charge in [-0.3, -0.25) is 9.69 Å². The predicted molar refractivity (Wildman–Crippen MR) is 160 cm³/mol. The summed E-state index contributed by atoms with van der Waals surface area (Å²) in [4.78, 5) is 30.5. The lowest BCUT2D eigenvalue weighted by Gasteiger charge is -2.43. The third kappa shape index (κ3) is 6.99. The average molecular weight is 639 g/mol. The van der Waals surface area contributed by atoms with Crippen LogP contribution in [0.4, 0.5) is 30.5 Å². The number of amides is 1. The van der Waals surface area contributed by atoms with Crippen LogP contribution < -0.4 is 15.0 Å². The molecule has 12 nitrogen and oxygen atoms in total. The van der Waals surface area contributed by atoms with Crippen LogP contribution in [-0.2, 0) is 9.53 Å². The molecule has 3 aliphatic rings. The summed E-state index contributed by atoms with van der Waals surface area (Å²) in [7, 11) is 0. The molecule has 0 aliphatic carbocycles. The Morgan fingerprint density at radius 2 is 1.85 bits per heavy atom. The number of anilines is 3. The Morgan fingerprint density at radius 1 is 1.09 bits per heavy atom. The number of piperidine rings is 1. The van der Waals surface area contributed by atoms with Gasteiger partial charge in [0, 0.05) is 62.6 Å². The van der Waals surface area contributed by atoms with Gasteiger partial charge in [0.05, 0.1) is 24.8 Å². The molecule has 0 unspecified atom stereocenters. The lowest BCUT2D eigenvalue weighted by Crippen LogP contribution is -2.56.